The van der Waals surface area contributed by atoms with E-state index in [-0.39, 0.29) is 0 Å². The summed E-state index contributed by atoms with van der Waals surface area (Å²) in [5.74, 6) is -1.02. The van der Waals surface area contributed by atoms with Crippen LogP contribution in [0.1, 0.15) is 6.92 Å². The van der Waals surface area contributed by atoms with Gasteiger partial charge in [-0.15, -0.1) is 0 Å². The van der Waals surface area contributed by atoms with Gasteiger partial charge >= 0.3 is 0 Å². The molecule has 3 rings (SSSR count). The molecule has 0 aromatic rings. The minimum Gasteiger partial charge on any atom is -0.471 e. The first kappa shape index (κ1) is 18.5. The smallest absolute Gasteiger partial charge is 0.208 e. The monoisotopic (exact) mass is 358 g/mol. The Morgan fingerprint density at radius 2 is 1.84 bits per heavy atom. The highest BCUT2D eigenvalue weighted by Crippen LogP contribution is 2.43. The molecule has 0 spiro atoms. The van der Waals surface area contributed by atoms with Gasteiger partial charge in [0.15, 0.2) is 6.29 Å². The molecule has 1 saturated heterocycles. The van der Waals surface area contributed by atoms with E-state index in [1.165, 1.54) is 6.26 Å². The fourth-order valence-electron chi connectivity index (χ4n) is 3.61. The molecule has 9 heteroatoms. The Kier molecular flexibility index (Phi) is 5.26. The fraction of sp³-hybridized carbons (Fsp3) is 0.688. The van der Waals surface area contributed by atoms with E-state index in [4.69, 9.17) is 14.2 Å². The van der Waals surface area contributed by atoms with Gasteiger partial charge < -0.3 is 39.7 Å². The topological polar surface area (TPSA) is 146 Å². The number of ether oxygens (including phenoxy) is 3. The molecule has 1 fully saturated rings. The summed E-state index contributed by atoms with van der Waals surface area (Å²) < 4.78 is 16.4. The van der Waals surface area contributed by atoms with Crippen molar-refractivity contribution in [1.82, 2.24) is 0 Å². The van der Waals surface area contributed by atoms with Crippen LogP contribution in [0.5, 0.6) is 0 Å². The highest BCUT2D eigenvalue weighted by molar-refractivity contribution is 5.74. The molecule has 2 aliphatic heterocycles. The van der Waals surface area contributed by atoms with Crippen LogP contribution in [0.25, 0.3) is 0 Å². The Labute approximate surface area is 143 Å². The Bertz CT molecular complexity index is 572. The molecule has 5 N–H and O–H groups in total. The van der Waals surface area contributed by atoms with Crippen molar-refractivity contribution in [3.63, 3.8) is 0 Å². The minimum absolute atomic E-state index is 0.291. The Morgan fingerprint density at radius 1 is 1.12 bits per heavy atom. The molecule has 140 valence electrons. The molecule has 3 aliphatic rings. The molecule has 2 heterocycles. The maximum Gasteiger partial charge on any atom is 0.208 e. The maximum atomic E-state index is 11.2. The second kappa shape index (κ2) is 7.12. The third-order valence-electron chi connectivity index (χ3n) is 4.98. The van der Waals surface area contributed by atoms with Crippen LogP contribution >= 0.6 is 0 Å². The molecule has 25 heavy (non-hydrogen) atoms. The first-order valence-electron chi connectivity index (χ1n) is 8.02. The van der Waals surface area contributed by atoms with Crippen LogP contribution in [-0.4, -0.2) is 81.5 Å². The van der Waals surface area contributed by atoms with Gasteiger partial charge in [0.2, 0.25) is 6.29 Å². The molecule has 0 radical (unpaired) electrons. The van der Waals surface area contributed by atoms with Crippen LogP contribution in [0, 0.1) is 11.8 Å². The van der Waals surface area contributed by atoms with Gasteiger partial charge in [-0.3, -0.25) is 4.79 Å². The zero-order valence-corrected chi connectivity index (χ0v) is 13.5. The van der Waals surface area contributed by atoms with Crippen LogP contribution in [-0.2, 0) is 19.0 Å². The molecule has 0 aromatic carbocycles. The number of hydrogen-bond donors (Lipinski definition) is 5. The molecule has 9 atom stereocenters. The van der Waals surface area contributed by atoms with Crippen molar-refractivity contribution in [3.05, 3.63) is 23.5 Å². The minimum atomic E-state index is -1.57. The maximum absolute atomic E-state index is 11.2. The van der Waals surface area contributed by atoms with Crippen molar-refractivity contribution >= 4 is 6.29 Å². The quantitative estimate of drug-likeness (QED) is 0.279. The molecule has 0 saturated carbocycles. The van der Waals surface area contributed by atoms with Gasteiger partial charge in [-0.2, -0.15) is 0 Å². The molecular formula is C16H22O9. The number of carbonyl (C=O) groups excluding carboxylic acids is 1. The number of fused-ring (bicyclic) bond motifs is 1. The lowest BCUT2D eigenvalue weighted by atomic mass is 9.83. The van der Waals surface area contributed by atoms with Crippen molar-refractivity contribution < 1.29 is 44.5 Å². The Morgan fingerprint density at radius 3 is 2.48 bits per heavy atom. The van der Waals surface area contributed by atoms with Crippen molar-refractivity contribution in [3.8, 4) is 0 Å². The number of aldehydes is 1. The Balaban J connectivity index is 1.79. The van der Waals surface area contributed by atoms with E-state index in [2.05, 4.69) is 0 Å². The van der Waals surface area contributed by atoms with Crippen LogP contribution in [0.4, 0.5) is 0 Å². The zero-order valence-electron chi connectivity index (χ0n) is 13.5. The summed E-state index contributed by atoms with van der Waals surface area (Å²) in [5, 5.41) is 49.1. The van der Waals surface area contributed by atoms with Gasteiger partial charge in [-0.05, 0) is 6.92 Å². The summed E-state index contributed by atoms with van der Waals surface area (Å²) >= 11 is 0. The predicted octanol–water partition coefficient (Wildman–Crippen LogP) is -2.20. The van der Waals surface area contributed by atoms with Crippen LogP contribution in [0.3, 0.4) is 0 Å². The lowest BCUT2D eigenvalue weighted by Gasteiger charge is -2.42. The van der Waals surface area contributed by atoms with Crippen molar-refractivity contribution in [2.24, 2.45) is 11.8 Å². The third-order valence-corrected chi connectivity index (χ3v) is 4.98. The number of carbonyl (C=O) groups is 1. The molecule has 0 aromatic heterocycles. The van der Waals surface area contributed by atoms with Crippen LogP contribution in [0.15, 0.2) is 23.5 Å². The second-order valence-corrected chi connectivity index (χ2v) is 6.53. The molecule has 1 aliphatic carbocycles. The standard InChI is InChI=1S/C16H22O9/c1-6-2-8(19)11-7(3-17)5-23-15(10(6)11)25-16-14(22)13(21)12(20)9(4-18)24-16/h2-3,5,8-16,18-22H,4H2,1H3/t8-,9-,10+,11-,12-,13+,14-,15-,16+/m1/s1. The van der Waals surface area contributed by atoms with Crippen molar-refractivity contribution in [1.29, 1.82) is 0 Å². The zero-order chi connectivity index (χ0) is 18.3. The van der Waals surface area contributed by atoms with E-state index in [0.717, 1.165) is 5.57 Å². The normalized spacial score (nSPS) is 46.7. The lowest BCUT2D eigenvalue weighted by molar-refractivity contribution is -0.339. The Hall–Kier alpha value is -1.33. The van der Waals surface area contributed by atoms with Crippen molar-refractivity contribution in [2.45, 2.75) is 50.0 Å². The predicted molar refractivity (Wildman–Crippen MR) is 80.6 cm³/mol. The van der Waals surface area contributed by atoms with Crippen molar-refractivity contribution in [2.75, 3.05) is 6.61 Å². The summed E-state index contributed by atoms with van der Waals surface area (Å²) in [5.41, 5.74) is 1.04. The summed E-state index contributed by atoms with van der Waals surface area (Å²) in [6.07, 6.45) is -5.53. The molecule has 9 nitrogen and oxygen atoms in total. The number of aliphatic hydroxyl groups is 5. The number of rotatable bonds is 4. The highest BCUT2D eigenvalue weighted by Gasteiger charge is 2.50. The SMILES string of the molecule is CC1=C[C@@H](O)[C@H]2C(C=O)=CO[C@H](O[C@@H]3O[C@H](CO)[C@@H](O)[C@H](O)[C@H]3O)[C@@H]12. The second-order valence-electron chi connectivity index (χ2n) is 6.53. The fourth-order valence-corrected chi connectivity index (χ4v) is 3.61. The van der Waals surface area contributed by atoms with Gasteiger partial charge in [0.05, 0.1) is 24.9 Å². The average molecular weight is 358 g/mol. The van der Waals surface area contributed by atoms with E-state index in [9.17, 15) is 30.3 Å². The average Bonchev–Trinajstić information content (AvgIpc) is 2.91. The lowest BCUT2D eigenvalue weighted by Crippen LogP contribution is -2.60. The van der Waals surface area contributed by atoms with Crippen LogP contribution in [0.2, 0.25) is 0 Å². The van der Waals surface area contributed by atoms with Gasteiger partial charge in [-0.1, -0.05) is 11.6 Å². The summed E-state index contributed by atoms with van der Waals surface area (Å²) in [7, 11) is 0. The summed E-state index contributed by atoms with van der Waals surface area (Å²) in [6, 6.07) is 0. The third kappa shape index (κ3) is 3.13. The van der Waals surface area contributed by atoms with E-state index >= 15 is 0 Å². The van der Waals surface area contributed by atoms with Gasteiger partial charge in [0.25, 0.3) is 0 Å². The molecule has 0 bridgehead atoms. The van der Waals surface area contributed by atoms with Gasteiger partial charge in [-0.25, -0.2) is 0 Å². The molecule has 0 unspecified atom stereocenters. The van der Waals surface area contributed by atoms with E-state index < -0.39 is 61.5 Å². The molecular weight excluding hydrogens is 336 g/mol. The van der Waals surface area contributed by atoms with E-state index in [1.807, 2.05) is 0 Å². The summed E-state index contributed by atoms with van der Waals surface area (Å²) in [6.45, 7) is 1.18. The number of hydrogen-bond acceptors (Lipinski definition) is 9. The molecule has 0 amide bonds. The first-order valence-corrected chi connectivity index (χ1v) is 8.02. The van der Waals surface area contributed by atoms with Gasteiger partial charge in [0, 0.05) is 11.5 Å². The van der Waals surface area contributed by atoms with E-state index in [1.54, 1.807) is 13.0 Å². The van der Waals surface area contributed by atoms with Crippen LogP contribution < -0.4 is 0 Å². The first-order chi connectivity index (χ1) is 11.9. The van der Waals surface area contributed by atoms with Gasteiger partial charge in [0.1, 0.15) is 30.7 Å². The summed E-state index contributed by atoms with van der Waals surface area (Å²) in [4.78, 5) is 11.2. The van der Waals surface area contributed by atoms with E-state index in [0.29, 0.717) is 11.9 Å². The highest BCUT2D eigenvalue weighted by atomic mass is 16.8. The largest absolute Gasteiger partial charge is 0.471 e. The number of aliphatic hydroxyl groups excluding tert-OH is 5.